The van der Waals surface area contributed by atoms with Gasteiger partial charge in [0.1, 0.15) is 11.6 Å². The molecule has 0 radical (unpaired) electrons. The van der Waals surface area contributed by atoms with Crippen LogP contribution in [0, 0.1) is 5.82 Å². The molecule has 0 bridgehead atoms. The molecule has 4 heteroatoms. The summed E-state index contributed by atoms with van der Waals surface area (Å²) in [5.74, 6) is 0.622. The van der Waals surface area contributed by atoms with Crippen molar-refractivity contribution in [2.45, 2.75) is 19.4 Å². The van der Waals surface area contributed by atoms with Gasteiger partial charge in [-0.1, -0.05) is 41.1 Å². The molecule has 2 nitrogen and oxygen atoms in total. The van der Waals surface area contributed by atoms with Crippen LogP contribution in [0.5, 0.6) is 5.75 Å². The predicted molar refractivity (Wildman–Crippen MR) is 87.2 cm³/mol. The van der Waals surface area contributed by atoms with Gasteiger partial charge in [0, 0.05) is 16.1 Å². The highest BCUT2D eigenvalue weighted by Crippen LogP contribution is 2.25. The van der Waals surface area contributed by atoms with Crippen molar-refractivity contribution in [3.05, 3.63) is 63.9 Å². The summed E-state index contributed by atoms with van der Waals surface area (Å²) in [6, 6.07) is 13.0. The van der Waals surface area contributed by atoms with Gasteiger partial charge in [-0.05, 0) is 42.8 Å². The standard InChI is InChI=1S/C17H19BrFNO/c1-3-20-17(15-8-7-13(18)11-16(15)19)10-12-5-4-6-14(9-12)21-2/h4-9,11,17,20H,3,10H2,1-2H3. The van der Waals surface area contributed by atoms with Crippen LogP contribution in [0.2, 0.25) is 0 Å². The normalized spacial score (nSPS) is 12.2. The van der Waals surface area contributed by atoms with Crippen molar-refractivity contribution >= 4 is 15.9 Å². The van der Waals surface area contributed by atoms with Crippen LogP contribution in [0.15, 0.2) is 46.9 Å². The van der Waals surface area contributed by atoms with Crippen LogP contribution in [0.4, 0.5) is 4.39 Å². The lowest BCUT2D eigenvalue weighted by molar-refractivity contribution is 0.413. The van der Waals surface area contributed by atoms with Crippen molar-refractivity contribution in [2.24, 2.45) is 0 Å². The summed E-state index contributed by atoms with van der Waals surface area (Å²) in [7, 11) is 1.65. The summed E-state index contributed by atoms with van der Waals surface area (Å²) in [6.07, 6.45) is 0.712. The minimum atomic E-state index is -0.196. The van der Waals surface area contributed by atoms with E-state index < -0.39 is 0 Å². The maximum Gasteiger partial charge on any atom is 0.129 e. The molecule has 112 valence electrons. The molecule has 0 fully saturated rings. The number of benzene rings is 2. The molecule has 0 saturated carbocycles. The molecule has 0 aromatic heterocycles. The molecule has 0 heterocycles. The summed E-state index contributed by atoms with van der Waals surface area (Å²) >= 11 is 3.29. The maximum absolute atomic E-state index is 14.2. The topological polar surface area (TPSA) is 21.3 Å². The zero-order chi connectivity index (χ0) is 15.2. The van der Waals surface area contributed by atoms with Crippen molar-refractivity contribution in [1.29, 1.82) is 0 Å². The number of ether oxygens (including phenoxy) is 1. The molecule has 0 aliphatic rings. The Bertz CT molecular complexity index is 603. The lowest BCUT2D eigenvalue weighted by atomic mass is 9.98. The fourth-order valence-corrected chi connectivity index (χ4v) is 2.69. The van der Waals surface area contributed by atoms with E-state index in [-0.39, 0.29) is 11.9 Å². The van der Waals surface area contributed by atoms with E-state index >= 15 is 0 Å². The van der Waals surface area contributed by atoms with E-state index in [9.17, 15) is 4.39 Å². The first-order chi connectivity index (χ1) is 10.1. The van der Waals surface area contributed by atoms with Crippen LogP contribution < -0.4 is 10.1 Å². The van der Waals surface area contributed by atoms with Crippen LogP contribution in [-0.4, -0.2) is 13.7 Å². The first-order valence-corrected chi connectivity index (χ1v) is 7.74. The first kappa shape index (κ1) is 16.0. The Morgan fingerprint density at radius 3 is 2.71 bits per heavy atom. The summed E-state index contributed by atoms with van der Waals surface area (Å²) in [5.41, 5.74) is 1.80. The number of rotatable bonds is 6. The summed E-state index contributed by atoms with van der Waals surface area (Å²) in [6.45, 7) is 2.81. The van der Waals surface area contributed by atoms with E-state index in [4.69, 9.17) is 4.74 Å². The SMILES string of the molecule is CCNC(Cc1cccc(OC)c1)c1ccc(Br)cc1F. The molecule has 2 rings (SSSR count). The van der Waals surface area contributed by atoms with Gasteiger partial charge in [0.05, 0.1) is 7.11 Å². The van der Waals surface area contributed by atoms with Gasteiger partial charge in [-0.15, -0.1) is 0 Å². The fraction of sp³-hybridized carbons (Fsp3) is 0.294. The Hall–Kier alpha value is -1.39. The van der Waals surface area contributed by atoms with Gasteiger partial charge in [-0.2, -0.15) is 0 Å². The third-order valence-corrected chi connectivity index (χ3v) is 3.86. The third-order valence-electron chi connectivity index (χ3n) is 3.36. The molecule has 2 aromatic rings. The molecule has 21 heavy (non-hydrogen) atoms. The minimum absolute atomic E-state index is 0.0600. The second-order valence-corrected chi connectivity index (χ2v) is 5.75. The molecule has 0 aliphatic heterocycles. The zero-order valence-corrected chi connectivity index (χ0v) is 13.8. The van der Waals surface area contributed by atoms with Crippen LogP contribution in [-0.2, 0) is 6.42 Å². The van der Waals surface area contributed by atoms with Crippen LogP contribution in [0.25, 0.3) is 0 Å². The highest BCUT2D eigenvalue weighted by molar-refractivity contribution is 9.10. The van der Waals surface area contributed by atoms with Gasteiger partial charge in [-0.3, -0.25) is 0 Å². The van der Waals surface area contributed by atoms with E-state index in [0.29, 0.717) is 12.0 Å². The van der Waals surface area contributed by atoms with E-state index in [1.54, 1.807) is 7.11 Å². The van der Waals surface area contributed by atoms with Gasteiger partial charge in [0.2, 0.25) is 0 Å². The summed E-state index contributed by atoms with van der Waals surface area (Å²) < 4.78 is 20.2. The number of hydrogen-bond donors (Lipinski definition) is 1. The Labute approximate surface area is 133 Å². The maximum atomic E-state index is 14.2. The molecule has 0 amide bonds. The zero-order valence-electron chi connectivity index (χ0n) is 12.2. The van der Waals surface area contributed by atoms with Crippen LogP contribution in [0.3, 0.4) is 0 Å². The van der Waals surface area contributed by atoms with Gasteiger partial charge >= 0.3 is 0 Å². The lowest BCUT2D eigenvalue weighted by Gasteiger charge is -2.19. The number of likely N-dealkylation sites (N-methyl/N-ethyl adjacent to an activating group) is 1. The smallest absolute Gasteiger partial charge is 0.129 e. The summed E-state index contributed by atoms with van der Waals surface area (Å²) in [4.78, 5) is 0. The average molecular weight is 352 g/mol. The highest BCUT2D eigenvalue weighted by atomic mass is 79.9. The number of methoxy groups -OCH3 is 1. The van der Waals surface area contributed by atoms with Crippen molar-refractivity contribution in [3.63, 3.8) is 0 Å². The fourth-order valence-electron chi connectivity index (χ4n) is 2.36. The predicted octanol–water partition coefficient (Wildman–Crippen LogP) is 4.49. The molecule has 1 N–H and O–H groups in total. The molecule has 1 unspecified atom stereocenters. The monoisotopic (exact) mass is 351 g/mol. The number of halogens is 2. The molecular formula is C17H19BrFNO. The Kier molecular flexibility index (Phi) is 5.76. The molecule has 0 saturated heterocycles. The van der Waals surface area contributed by atoms with E-state index in [2.05, 4.69) is 21.2 Å². The van der Waals surface area contributed by atoms with Crippen molar-refractivity contribution in [3.8, 4) is 5.75 Å². The Balaban J connectivity index is 2.26. The van der Waals surface area contributed by atoms with E-state index in [1.165, 1.54) is 6.07 Å². The average Bonchev–Trinajstić information content (AvgIpc) is 2.47. The van der Waals surface area contributed by atoms with E-state index in [0.717, 1.165) is 22.3 Å². The minimum Gasteiger partial charge on any atom is -0.497 e. The Morgan fingerprint density at radius 2 is 2.05 bits per heavy atom. The lowest BCUT2D eigenvalue weighted by Crippen LogP contribution is -2.24. The summed E-state index contributed by atoms with van der Waals surface area (Å²) in [5, 5.41) is 3.35. The Morgan fingerprint density at radius 1 is 1.24 bits per heavy atom. The molecule has 0 spiro atoms. The molecule has 2 aromatic carbocycles. The first-order valence-electron chi connectivity index (χ1n) is 6.95. The highest BCUT2D eigenvalue weighted by Gasteiger charge is 2.16. The number of nitrogens with one attached hydrogen (secondary N) is 1. The van der Waals surface area contributed by atoms with Crippen molar-refractivity contribution < 1.29 is 9.13 Å². The largest absolute Gasteiger partial charge is 0.497 e. The van der Waals surface area contributed by atoms with Gasteiger partial charge < -0.3 is 10.1 Å². The van der Waals surface area contributed by atoms with Gasteiger partial charge in [0.25, 0.3) is 0 Å². The second-order valence-electron chi connectivity index (χ2n) is 4.83. The third kappa shape index (κ3) is 4.29. The second kappa shape index (κ2) is 7.57. The van der Waals surface area contributed by atoms with Crippen LogP contribution >= 0.6 is 15.9 Å². The molecule has 1 atom stereocenters. The molecule has 0 aliphatic carbocycles. The van der Waals surface area contributed by atoms with Crippen molar-refractivity contribution in [1.82, 2.24) is 5.32 Å². The van der Waals surface area contributed by atoms with Crippen LogP contribution in [0.1, 0.15) is 24.1 Å². The quantitative estimate of drug-likeness (QED) is 0.827. The van der Waals surface area contributed by atoms with Gasteiger partial charge in [0.15, 0.2) is 0 Å². The van der Waals surface area contributed by atoms with Crippen molar-refractivity contribution in [2.75, 3.05) is 13.7 Å². The number of hydrogen-bond acceptors (Lipinski definition) is 2. The van der Waals surface area contributed by atoms with E-state index in [1.807, 2.05) is 43.3 Å². The van der Waals surface area contributed by atoms with Gasteiger partial charge in [-0.25, -0.2) is 4.39 Å². The molecular weight excluding hydrogens is 333 g/mol.